The van der Waals surface area contributed by atoms with E-state index < -0.39 is 0 Å². The first-order valence-electron chi connectivity index (χ1n) is 8.89. The van der Waals surface area contributed by atoms with Crippen molar-refractivity contribution in [3.63, 3.8) is 0 Å². The van der Waals surface area contributed by atoms with Gasteiger partial charge in [0.15, 0.2) is 0 Å². The van der Waals surface area contributed by atoms with E-state index in [2.05, 4.69) is 31.2 Å². The summed E-state index contributed by atoms with van der Waals surface area (Å²) in [4.78, 5) is 21.6. The van der Waals surface area contributed by atoms with Crippen LogP contribution in [0.25, 0.3) is 0 Å². The van der Waals surface area contributed by atoms with Gasteiger partial charge in [-0.05, 0) is 38.4 Å². The minimum atomic E-state index is 0.433. The van der Waals surface area contributed by atoms with Crippen molar-refractivity contribution >= 4 is 23.0 Å². The number of thiazole rings is 1. The number of likely N-dealkylation sites (tertiary alicyclic amines) is 1. The van der Waals surface area contributed by atoms with Gasteiger partial charge in [-0.25, -0.2) is 15.0 Å². The van der Waals surface area contributed by atoms with Gasteiger partial charge in [-0.3, -0.25) is 9.88 Å². The average Bonchev–Trinajstić information content (AvgIpc) is 3.15. The van der Waals surface area contributed by atoms with Crippen LogP contribution in [0, 0.1) is 6.92 Å². The summed E-state index contributed by atoms with van der Waals surface area (Å²) in [5.74, 6) is 2.83. The molecular weight excluding hydrogens is 344 g/mol. The van der Waals surface area contributed by atoms with Crippen LogP contribution >= 0.6 is 11.3 Å². The van der Waals surface area contributed by atoms with Gasteiger partial charge in [0.2, 0.25) is 0 Å². The number of pyridine rings is 1. The Balaban J connectivity index is 1.49. The summed E-state index contributed by atoms with van der Waals surface area (Å²) >= 11 is 1.72. The molecule has 0 spiro atoms. The van der Waals surface area contributed by atoms with Crippen molar-refractivity contribution in [1.82, 2.24) is 24.8 Å². The molecule has 4 heterocycles. The maximum Gasteiger partial charge on any atom is 0.135 e. The maximum absolute atomic E-state index is 4.72. The number of aromatic nitrogens is 4. The zero-order valence-corrected chi connectivity index (χ0v) is 15.6. The monoisotopic (exact) mass is 366 g/mol. The fourth-order valence-electron chi connectivity index (χ4n) is 3.41. The molecule has 0 aromatic carbocycles. The molecule has 0 bridgehead atoms. The first kappa shape index (κ1) is 17.1. The minimum absolute atomic E-state index is 0.433. The molecule has 1 aliphatic heterocycles. The van der Waals surface area contributed by atoms with E-state index in [1.165, 1.54) is 17.7 Å². The third kappa shape index (κ3) is 4.23. The van der Waals surface area contributed by atoms with Crippen LogP contribution in [0.15, 0.2) is 42.2 Å². The summed E-state index contributed by atoms with van der Waals surface area (Å²) in [6.07, 6.45) is 6.10. The summed E-state index contributed by atoms with van der Waals surface area (Å²) in [6.45, 7) is 5.09. The highest BCUT2D eigenvalue weighted by atomic mass is 32.1. The Bertz CT molecular complexity index is 837. The smallest absolute Gasteiger partial charge is 0.135 e. The van der Waals surface area contributed by atoms with Crippen LogP contribution in [0.3, 0.4) is 0 Å². The number of aryl methyl sites for hydroxylation is 1. The van der Waals surface area contributed by atoms with Gasteiger partial charge in [0.1, 0.15) is 17.5 Å². The predicted molar refractivity (Wildman–Crippen MR) is 104 cm³/mol. The van der Waals surface area contributed by atoms with E-state index in [1.54, 1.807) is 17.5 Å². The second kappa shape index (κ2) is 7.88. The molecule has 1 N–H and O–H groups in total. The van der Waals surface area contributed by atoms with E-state index in [9.17, 15) is 0 Å². The van der Waals surface area contributed by atoms with Crippen LogP contribution in [0.5, 0.6) is 0 Å². The largest absolute Gasteiger partial charge is 0.325 e. The van der Waals surface area contributed by atoms with Gasteiger partial charge >= 0.3 is 0 Å². The topological polar surface area (TPSA) is 66.8 Å². The molecule has 134 valence electrons. The maximum atomic E-state index is 4.72. The third-order valence-corrected chi connectivity index (χ3v) is 5.33. The average molecular weight is 366 g/mol. The zero-order chi connectivity index (χ0) is 17.8. The lowest BCUT2D eigenvalue weighted by molar-refractivity contribution is 0.200. The Labute approximate surface area is 157 Å². The highest BCUT2D eigenvalue weighted by Gasteiger charge is 2.23. The third-order valence-electron chi connectivity index (χ3n) is 4.57. The minimum Gasteiger partial charge on any atom is -0.325 e. The molecular formula is C19H22N6S. The van der Waals surface area contributed by atoms with Crippen LogP contribution in [-0.2, 0) is 6.54 Å². The van der Waals surface area contributed by atoms with Crippen LogP contribution in [0.1, 0.15) is 35.2 Å². The Kier molecular flexibility index (Phi) is 5.17. The quantitative estimate of drug-likeness (QED) is 0.742. The second-order valence-corrected chi connectivity index (χ2v) is 7.58. The number of anilines is 2. The van der Waals surface area contributed by atoms with Gasteiger partial charge in [0, 0.05) is 42.3 Å². The molecule has 26 heavy (non-hydrogen) atoms. The van der Waals surface area contributed by atoms with E-state index in [4.69, 9.17) is 4.98 Å². The number of piperidine rings is 1. The number of hydrogen-bond donors (Lipinski definition) is 1. The number of nitrogens with zero attached hydrogens (tertiary/aromatic N) is 5. The molecule has 1 atom stereocenters. The van der Waals surface area contributed by atoms with Gasteiger partial charge in [0.05, 0.1) is 11.2 Å². The van der Waals surface area contributed by atoms with Crippen molar-refractivity contribution in [2.45, 2.75) is 32.2 Å². The fourth-order valence-corrected chi connectivity index (χ4v) is 4.05. The molecule has 6 nitrogen and oxygen atoms in total. The molecule has 0 amide bonds. The summed E-state index contributed by atoms with van der Waals surface area (Å²) < 4.78 is 0. The van der Waals surface area contributed by atoms with Crippen LogP contribution in [-0.4, -0.2) is 37.9 Å². The molecule has 7 heteroatoms. The SMILES string of the molecule is Cc1nc(Nc2ccccn2)cc([C@H]2CCCN(Cc3cncs3)C2)n1. The van der Waals surface area contributed by atoms with Gasteiger partial charge in [0.25, 0.3) is 0 Å². The molecule has 4 rings (SSSR count). The van der Waals surface area contributed by atoms with Crippen molar-refractivity contribution in [1.29, 1.82) is 0 Å². The fraction of sp³-hybridized carbons (Fsp3) is 0.368. The molecule has 0 radical (unpaired) electrons. The van der Waals surface area contributed by atoms with E-state index in [0.29, 0.717) is 5.92 Å². The summed E-state index contributed by atoms with van der Waals surface area (Å²) in [6, 6.07) is 7.88. The predicted octanol–water partition coefficient (Wildman–Crippen LogP) is 3.76. The summed E-state index contributed by atoms with van der Waals surface area (Å²) in [7, 11) is 0. The lowest BCUT2D eigenvalue weighted by Crippen LogP contribution is -2.34. The lowest BCUT2D eigenvalue weighted by atomic mass is 9.94. The van der Waals surface area contributed by atoms with Gasteiger partial charge in [-0.1, -0.05) is 6.07 Å². The van der Waals surface area contributed by atoms with E-state index >= 15 is 0 Å². The van der Waals surface area contributed by atoms with Crippen molar-refractivity contribution in [2.24, 2.45) is 0 Å². The molecule has 0 aliphatic carbocycles. The van der Waals surface area contributed by atoms with Crippen LogP contribution in [0.2, 0.25) is 0 Å². The van der Waals surface area contributed by atoms with Gasteiger partial charge in [-0.2, -0.15) is 0 Å². The van der Waals surface area contributed by atoms with Crippen molar-refractivity contribution < 1.29 is 0 Å². The van der Waals surface area contributed by atoms with Crippen molar-refractivity contribution in [2.75, 3.05) is 18.4 Å². The Morgan fingerprint density at radius 3 is 3.04 bits per heavy atom. The molecule has 1 fully saturated rings. The van der Waals surface area contributed by atoms with Crippen LogP contribution < -0.4 is 5.32 Å². The molecule has 1 saturated heterocycles. The highest BCUT2D eigenvalue weighted by molar-refractivity contribution is 7.09. The first-order chi connectivity index (χ1) is 12.8. The molecule has 0 saturated carbocycles. The van der Waals surface area contributed by atoms with E-state index in [-0.39, 0.29) is 0 Å². The second-order valence-electron chi connectivity index (χ2n) is 6.61. The number of rotatable bonds is 5. The van der Waals surface area contributed by atoms with Crippen molar-refractivity contribution in [3.05, 3.63) is 58.6 Å². The molecule has 3 aromatic heterocycles. The van der Waals surface area contributed by atoms with Crippen molar-refractivity contribution in [3.8, 4) is 0 Å². The molecule has 1 aliphatic rings. The summed E-state index contributed by atoms with van der Waals surface area (Å²) in [5.41, 5.74) is 3.02. The summed E-state index contributed by atoms with van der Waals surface area (Å²) in [5, 5.41) is 3.29. The Morgan fingerprint density at radius 1 is 1.27 bits per heavy atom. The van der Waals surface area contributed by atoms with Gasteiger partial charge < -0.3 is 5.32 Å². The van der Waals surface area contributed by atoms with Gasteiger partial charge in [-0.15, -0.1) is 11.3 Å². The normalized spacial score (nSPS) is 18.0. The number of nitrogens with one attached hydrogen (secondary N) is 1. The van der Waals surface area contributed by atoms with Crippen LogP contribution in [0.4, 0.5) is 11.6 Å². The standard InChI is InChI=1S/C19H22N6S/c1-14-22-17(9-19(23-14)24-18-6-2-3-7-21-18)15-5-4-8-25(11-15)12-16-10-20-13-26-16/h2-3,6-7,9-10,13,15H,4-5,8,11-12H2,1H3,(H,21,22,23,24)/t15-/m0/s1. The van der Waals surface area contributed by atoms with E-state index in [0.717, 1.165) is 42.8 Å². The molecule has 0 unspecified atom stereocenters. The highest BCUT2D eigenvalue weighted by Crippen LogP contribution is 2.28. The zero-order valence-electron chi connectivity index (χ0n) is 14.8. The Morgan fingerprint density at radius 2 is 2.23 bits per heavy atom. The molecule has 3 aromatic rings. The lowest BCUT2D eigenvalue weighted by Gasteiger charge is -2.32. The first-order valence-corrected chi connectivity index (χ1v) is 9.77. The van der Waals surface area contributed by atoms with E-state index in [1.807, 2.05) is 36.8 Å². The number of hydrogen-bond acceptors (Lipinski definition) is 7. The Hall–Kier alpha value is -2.38.